The van der Waals surface area contributed by atoms with E-state index in [4.69, 9.17) is 0 Å². The van der Waals surface area contributed by atoms with E-state index in [0.29, 0.717) is 5.92 Å². The summed E-state index contributed by atoms with van der Waals surface area (Å²) in [4.78, 5) is 23.5. The first kappa shape index (κ1) is 15.5. The quantitative estimate of drug-likeness (QED) is 0.602. The highest BCUT2D eigenvalue weighted by Crippen LogP contribution is 2.31. The maximum atomic E-state index is 4.67. The summed E-state index contributed by atoms with van der Waals surface area (Å²) < 4.78 is 2.23. The van der Waals surface area contributed by atoms with Gasteiger partial charge in [-0.15, -0.1) is 11.3 Å². The molecule has 0 unspecified atom stereocenters. The molecule has 1 aliphatic heterocycles. The molecule has 1 N–H and O–H groups in total. The van der Waals surface area contributed by atoms with Gasteiger partial charge in [-0.05, 0) is 18.9 Å². The van der Waals surface area contributed by atoms with E-state index >= 15 is 0 Å². The number of imidazole rings is 1. The summed E-state index contributed by atoms with van der Waals surface area (Å²) in [6.45, 7) is 2.72. The van der Waals surface area contributed by atoms with Crippen LogP contribution in [0.15, 0.2) is 41.9 Å². The van der Waals surface area contributed by atoms with Gasteiger partial charge in [-0.25, -0.2) is 19.9 Å². The number of piperidine rings is 1. The molecule has 1 fully saturated rings. The van der Waals surface area contributed by atoms with Crippen LogP contribution >= 0.6 is 11.3 Å². The van der Waals surface area contributed by atoms with E-state index in [1.807, 2.05) is 17.9 Å². The molecule has 0 saturated carbocycles. The highest BCUT2D eigenvalue weighted by molar-refractivity contribution is 7.07. The Morgan fingerprint density at radius 2 is 2.23 bits per heavy atom. The lowest BCUT2D eigenvalue weighted by Gasteiger charge is -2.33. The summed E-state index contributed by atoms with van der Waals surface area (Å²) in [5.74, 6) is 2.54. The van der Waals surface area contributed by atoms with E-state index < -0.39 is 0 Å². The van der Waals surface area contributed by atoms with Crippen LogP contribution < -0.4 is 4.90 Å². The van der Waals surface area contributed by atoms with Crippen molar-refractivity contribution in [2.45, 2.75) is 25.3 Å². The highest BCUT2D eigenvalue weighted by atomic mass is 32.1. The Hall–Kier alpha value is -2.74. The van der Waals surface area contributed by atoms with Crippen LogP contribution in [0.1, 0.15) is 30.3 Å². The number of hydrogen-bond donors (Lipinski definition) is 1. The van der Waals surface area contributed by atoms with Gasteiger partial charge >= 0.3 is 0 Å². The van der Waals surface area contributed by atoms with Crippen LogP contribution in [0, 0.1) is 0 Å². The van der Waals surface area contributed by atoms with Crippen LogP contribution in [0.25, 0.3) is 11.0 Å². The zero-order valence-electron chi connectivity index (χ0n) is 14.2. The van der Waals surface area contributed by atoms with Crippen molar-refractivity contribution < 1.29 is 0 Å². The lowest BCUT2D eigenvalue weighted by molar-refractivity contribution is 0.474. The molecule has 7 nitrogen and oxygen atoms in total. The molecule has 26 heavy (non-hydrogen) atoms. The predicted molar refractivity (Wildman–Crippen MR) is 102 cm³/mol. The molecule has 5 heterocycles. The fourth-order valence-electron chi connectivity index (χ4n) is 3.80. The van der Waals surface area contributed by atoms with Gasteiger partial charge in [0.2, 0.25) is 0 Å². The topological polar surface area (TPSA) is 75.5 Å². The smallest absolute Gasteiger partial charge is 0.142 e. The van der Waals surface area contributed by atoms with E-state index in [9.17, 15) is 0 Å². The number of H-pyrrole nitrogens is 1. The fourth-order valence-corrected chi connectivity index (χ4v) is 4.35. The second kappa shape index (κ2) is 6.53. The van der Waals surface area contributed by atoms with Crippen molar-refractivity contribution in [3.8, 4) is 0 Å². The van der Waals surface area contributed by atoms with Crippen LogP contribution in [-0.2, 0) is 6.54 Å². The summed E-state index contributed by atoms with van der Waals surface area (Å²) in [7, 11) is 0. The first-order valence-corrected chi connectivity index (χ1v) is 9.74. The zero-order valence-corrected chi connectivity index (χ0v) is 15.1. The van der Waals surface area contributed by atoms with Gasteiger partial charge < -0.3 is 14.5 Å². The molecular formula is C18H19N7S. The van der Waals surface area contributed by atoms with Crippen LogP contribution in [-0.4, -0.2) is 42.6 Å². The normalized spacial score (nSPS) is 17.8. The number of rotatable bonds is 4. The molecule has 0 bridgehead atoms. The molecule has 4 aromatic heterocycles. The number of aromatic nitrogens is 6. The second-order valence-corrected chi connectivity index (χ2v) is 7.33. The van der Waals surface area contributed by atoms with Gasteiger partial charge in [0.25, 0.3) is 0 Å². The molecular weight excluding hydrogens is 346 g/mol. The monoisotopic (exact) mass is 365 g/mol. The molecule has 1 aliphatic rings. The van der Waals surface area contributed by atoms with Crippen molar-refractivity contribution >= 4 is 28.2 Å². The maximum absolute atomic E-state index is 4.67. The minimum Gasteiger partial charge on any atom is -0.355 e. The number of nitrogens with one attached hydrogen (secondary N) is 1. The van der Waals surface area contributed by atoms with E-state index in [1.165, 1.54) is 0 Å². The molecule has 0 spiro atoms. The van der Waals surface area contributed by atoms with Crippen LogP contribution in [0.2, 0.25) is 0 Å². The van der Waals surface area contributed by atoms with Crippen molar-refractivity contribution in [1.29, 1.82) is 0 Å². The lowest BCUT2D eigenvalue weighted by Crippen LogP contribution is -2.36. The zero-order chi connectivity index (χ0) is 17.3. The summed E-state index contributed by atoms with van der Waals surface area (Å²) in [6.07, 6.45) is 9.79. The Balaban J connectivity index is 1.42. The SMILES string of the molecule is c1cn(Cc2cscn2)c([C@H]2CCCN(c3ncnc4[nH]ccc34)C2)n1. The molecule has 0 aliphatic carbocycles. The Bertz CT molecular complexity index is 1000. The molecule has 0 radical (unpaired) electrons. The molecule has 132 valence electrons. The largest absolute Gasteiger partial charge is 0.355 e. The van der Waals surface area contributed by atoms with Gasteiger partial charge in [0, 0.05) is 43.0 Å². The van der Waals surface area contributed by atoms with Crippen molar-refractivity contribution in [3.05, 3.63) is 53.4 Å². The van der Waals surface area contributed by atoms with Crippen molar-refractivity contribution in [1.82, 2.24) is 29.5 Å². The first-order valence-electron chi connectivity index (χ1n) is 8.79. The average molecular weight is 365 g/mol. The molecule has 0 aromatic carbocycles. The molecule has 5 rings (SSSR count). The number of nitrogens with zero attached hydrogens (tertiary/aromatic N) is 6. The lowest BCUT2D eigenvalue weighted by atomic mass is 9.97. The van der Waals surface area contributed by atoms with Gasteiger partial charge in [0.05, 0.1) is 23.1 Å². The summed E-state index contributed by atoms with van der Waals surface area (Å²) in [5, 5.41) is 3.18. The van der Waals surface area contributed by atoms with Crippen LogP contribution in [0.4, 0.5) is 5.82 Å². The Morgan fingerprint density at radius 3 is 3.15 bits per heavy atom. The summed E-state index contributed by atoms with van der Waals surface area (Å²) in [6, 6.07) is 2.05. The number of anilines is 1. The number of aromatic amines is 1. The Labute approximate surface area is 154 Å². The van der Waals surface area contributed by atoms with Crippen molar-refractivity contribution in [2.75, 3.05) is 18.0 Å². The molecule has 4 aromatic rings. The van der Waals surface area contributed by atoms with Gasteiger partial charge in [-0.2, -0.15) is 0 Å². The molecule has 1 saturated heterocycles. The maximum Gasteiger partial charge on any atom is 0.142 e. The molecule has 8 heteroatoms. The third-order valence-corrected chi connectivity index (χ3v) is 5.62. The van der Waals surface area contributed by atoms with E-state index in [-0.39, 0.29) is 0 Å². The molecule has 0 amide bonds. The third kappa shape index (κ3) is 2.76. The van der Waals surface area contributed by atoms with Crippen LogP contribution in [0.3, 0.4) is 0 Å². The van der Waals surface area contributed by atoms with Crippen LogP contribution in [0.5, 0.6) is 0 Å². The number of fused-ring (bicyclic) bond motifs is 1. The van der Waals surface area contributed by atoms with Gasteiger partial charge in [0.1, 0.15) is 23.6 Å². The minimum absolute atomic E-state index is 0.390. The molecule has 1 atom stereocenters. The van der Waals surface area contributed by atoms with Gasteiger partial charge in [-0.3, -0.25) is 0 Å². The Kier molecular flexibility index (Phi) is 3.89. The second-order valence-electron chi connectivity index (χ2n) is 6.62. The standard InChI is InChI=1S/C18H19N7S/c1-2-13(17-20-5-7-25(17)9-14-10-26-12-23-14)8-24(6-1)18-15-3-4-19-16(15)21-11-22-18/h3-5,7,10-13H,1-2,6,8-9H2,(H,19,21,22)/t13-/m0/s1. The average Bonchev–Trinajstić information content (AvgIpc) is 3.43. The predicted octanol–water partition coefficient (Wildman–Crippen LogP) is 3.04. The summed E-state index contributed by atoms with van der Waals surface area (Å²) in [5.41, 5.74) is 3.86. The fraction of sp³-hybridized carbons (Fsp3) is 0.333. The van der Waals surface area contributed by atoms with E-state index in [2.05, 4.69) is 52.0 Å². The van der Waals surface area contributed by atoms with Crippen molar-refractivity contribution in [3.63, 3.8) is 0 Å². The van der Waals surface area contributed by atoms with Gasteiger partial charge in [-0.1, -0.05) is 0 Å². The minimum atomic E-state index is 0.390. The number of thiazole rings is 1. The first-order chi connectivity index (χ1) is 12.9. The van der Waals surface area contributed by atoms with Crippen molar-refractivity contribution in [2.24, 2.45) is 0 Å². The van der Waals surface area contributed by atoms with E-state index in [1.54, 1.807) is 17.7 Å². The highest BCUT2D eigenvalue weighted by Gasteiger charge is 2.26. The van der Waals surface area contributed by atoms with E-state index in [0.717, 1.165) is 60.8 Å². The number of hydrogen-bond acceptors (Lipinski definition) is 6. The van der Waals surface area contributed by atoms with Gasteiger partial charge in [0.15, 0.2) is 0 Å². The summed E-state index contributed by atoms with van der Waals surface area (Å²) >= 11 is 1.63. The third-order valence-electron chi connectivity index (χ3n) is 4.98. The Morgan fingerprint density at radius 1 is 1.23 bits per heavy atom.